The highest BCUT2D eigenvalue weighted by Gasteiger charge is 2.33. The van der Waals surface area contributed by atoms with Gasteiger partial charge in [0.1, 0.15) is 0 Å². The van der Waals surface area contributed by atoms with Gasteiger partial charge in [-0.2, -0.15) is 4.98 Å². The maximum Gasteiger partial charge on any atom is 0.246 e. The highest BCUT2D eigenvalue weighted by Crippen LogP contribution is 2.25. The molecule has 0 aliphatic carbocycles. The summed E-state index contributed by atoms with van der Waals surface area (Å²) in [6.07, 6.45) is 1.40. The molecule has 3 N–H and O–H groups in total. The Hall–Kier alpha value is -2.21. The Bertz CT molecular complexity index is 597. The predicted molar refractivity (Wildman–Crippen MR) is 83.7 cm³/mol. The van der Waals surface area contributed by atoms with Crippen molar-refractivity contribution in [2.45, 2.75) is 33.2 Å². The average Bonchev–Trinajstić information content (AvgIpc) is 3.05. The van der Waals surface area contributed by atoms with Crippen molar-refractivity contribution in [2.75, 3.05) is 6.54 Å². The van der Waals surface area contributed by atoms with Crippen LogP contribution in [0.4, 0.5) is 0 Å². The lowest BCUT2D eigenvalue weighted by molar-refractivity contribution is -0.131. The first-order valence-electron chi connectivity index (χ1n) is 7.51. The first-order chi connectivity index (χ1) is 10.6. The average molecular weight is 302 g/mol. The number of benzene rings is 1. The molecule has 0 spiro atoms. The maximum atomic E-state index is 12.3. The molecule has 2 rings (SSSR count). The van der Waals surface area contributed by atoms with Gasteiger partial charge in [-0.25, -0.2) is 0 Å². The van der Waals surface area contributed by atoms with Gasteiger partial charge in [0.2, 0.25) is 17.6 Å². The van der Waals surface area contributed by atoms with E-state index < -0.39 is 5.41 Å². The van der Waals surface area contributed by atoms with Gasteiger partial charge in [0, 0.05) is 12.1 Å². The number of hydrogen-bond acceptors (Lipinski definition) is 5. The van der Waals surface area contributed by atoms with Crippen molar-refractivity contribution in [3.8, 4) is 11.4 Å². The topological polar surface area (TPSA) is 94.0 Å². The molecule has 0 aliphatic heterocycles. The van der Waals surface area contributed by atoms with Crippen LogP contribution in [-0.2, 0) is 11.3 Å². The van der Waals surface area contributed by atoms with Crippen LogP contribution in [0.15, 0.2) is 34.9 Å². The first-order valence-corrected chi connectivity index (χ1v) is 7.51. The molecule has 0 bridgehead atoms. The molecule has 1 amide bonds. The second-order valence-electron chi connectivity index (χ2n) is 5.25. The van der Waals surface area contributed by atoms with E-state index in [2.05, 4.69) is 15.5 Å². The zero-order valence-electron chi connectivity index (χ0n) is 13.0. The fourth-order valence-corrected chi connectivity index (χ4v) is 2.33. The Morgan fingerprint density at radius 2 is 1.95 bits per heavy atom. The van der Waals surface area contributed by atoms with Gasteiger partial charge in [-0.1, -0.05) is 49.3 Å². The summed E-state index contributed by atoms with van der Waals surface area (Å²) in [7, 11) is 0. The number of nitrogens with one attached hydrogen (secondary N) is 1. The Balaban J connectivity index is 2.01. The van der Waals surface area contributed by atoms with Gasteiger partial charge < -0.3 is 15.6 Å². The number of carbonyl (C=O) groups is 1. The third-order valence-corrected chi connectivity index (χ3v) is 4.13. The summed E-state index contributed by atoms with van der Waals surface area (Å²) in [5.74, 6) is 0.825. The second-order valence-corrected chi connectivity index (χ2v) is 5.25. The van der Waals surface area contributed by atoms with Crippen molar-refractivity contribution in [3.63, 3.8) is 0 Å². The molecule has 1 aromatic carbocycles. The Kier molecular flexibility index (Phi) is 5.27. The Labute approximate surface area is 130 Å². The van der Waals surface area contributed by atoms with Gasteiger partial charge in [0.25, 0.3) is 0 Å². The highest BCUT2D eigenvalue weighted by molar-refractivity contribution is 5.82. The van der Waals surface area contributed by atoms with Gasteiger partial charge in [0.05, 0.1) is 12.0 Å². The number of hydrogen-bond donors (Lipinski definition) is 2. The second kappa shape index (κ2) is 7.17. The van der Waals surface area contributed by atoms with Crippen molar-refractivity contribution in [3.05, 3.63) is 36.2 Å². The quantitative estimate of drug-likeness (QED) is 0.817. The van der Waals surface area contributed by atoms with Crippen molar-refractivity contribution in [1.82, 2.24) is 15.5 Å². The number of amides is 1. The van der Waals surface area contributed by atoms with Gasteiger partial charge in [-0.05, 0) is 12.8 Å². The third kappa shape index (κ3) is 3.33. The zero-order valence-corrected chi connectivity index (χ0v) is 13.0. The molecule has 1 aromatic heterocycles. The minimum Gasteiger partial charge on any atom is -0.346 e. The minimum atomic E-state index is -0.526. The number of nitrogens with zero attached hydrogens (tertiary/aromatic N) is 2. The Morgan fingerprint density at radius 1 is 1.27 bits per heavy atom. The maximum absolute atomic E-state index is 12.3. The summed E-state index contributed by atoms with van der Waals surface area (Å²) in [5.41, 5.74) is 6.12. The standard InChI is InChI=1S/C16H22N4O2/c1-3-16(4-2,11-17)15(21)18-10-13-19-14(20-22-13)12-8-6-5-7-9-12/h5-9H,3-4,10-11,17H2,1-2H3,(H,18,21). The summed E-state index contributed by atoms with van der Waals surface area (Å²) in [6.45, 7) is 4.47. The monoisotopic (exact) mass is 302 g/mol. The summed E-state index contributed by atoms with van der Waals surface area (Å²) in [6, 6.07) is 9.55. The van der Waals surface area contributed by atoms with E-state index in [0.29, 0.717) is 31.1 Å². The number of carbonyl (C=O) groups excluding carboxylic acids is 1. The fourth-order valence-electron chi connectivity index (χ4n) is 2.33. The summed E-state index contributed by atoms with van der Waals surface area (Å²) in [5, 5.41) is 6.77. The normalized spacial score (nSPS) is 11.4. The molecule has 0 saturated carbocycles. The third-order valence-electron chi connectivity index (χ3n) is 4.13. The molecule has 6 heteroatoms. The lowest BCUT2D eigenvalue weighted by Gasteiger charge is -2.28. The van der Waals surface area contributed by atoms with Crippen molar-refractivity contribution >= 4 is 5.91 Å². The molecule has 0 aliphatic rings. The SMILES string of the molecule is CCC(CC)(CN)C(=O)NCc1nc(-c2ccccc2)no1. The Morgan fingerprint density at radius 3 is 2.55 bits per heavy atom. The molecule has 0 radical (unpaired) electrons. The van der Waals surface area contributed by atoms with Crippen molar-refractivity contribution in [1.29, 1.82) is 0 Å². The molecule has 6 nitrogen and oxygen atoms in total. The van der Waals surface area contributed by atoms with E-state index in [9.17, 15) is 4.79 Å². The van der Waals surface area contributed by atoms with Crippen LogP contribution in [-0.4, -0.2) is 22.6 Å². The molecule has 0 unspecified atom stereocenters. The molecular weight excluding hydrogens is 280 g/mol. The molecule has 0 atom stereocenters. The summed E-state index contributed by atoms with van der Waals surface area (Å²) < 4.78 is 5.18. The number of aromatic nitrogens is 2. The molecule has 0 fully saturated rings. The van der Waals surface area contributed by atoms with E-state index >= 15 is 0 Å². The van der Waals surface area contributed by atoms with Gasteiger partial charge >= 0.3 is 0 Å². The van der Waals surface area contributed by atoms with Crippen LogP contribution < -0.4 is 11.1 Å². The number of rotatable bonds is 7. The van der Waals surface area contributed by atoms with Crippen LogP contribution >= 0.6 is 0 Å². The molecule has 2 aromatic rings. The smallest absolute Gasteiger partial charge is 0.246 e. The van der Waals surface area contributed by atoms with E-state index in [-0.39, 0.29) is 12.5 Å². The van der Waals surface area contributed by atoms with E-state index in [1.165, 1.54) is 0 Å². The molecule has 1 heterocycles. The van der Waals surface area contributed by atoms with Crippen LogP contribution in [0.1, 0.15) is 32.6 Å². The van der Waals surface area contributed by atoms with Gasteiger partial charge in [0.15, 0.2) is 0 Å². The zero-order chi connectivity index (χ0) is 16.0. The van der Waals surface area contributed by atoms with E-state index in [0.717, 1.165) is 5.56 Å². The van der Waals surface area contributed by atoms with E-state index in [1.54, 1.807) is 0 Å². The molecule has 118 valence electrons. The fraction of sp³-hybridized carbons (Fsp3) is 0.438. The number of nitrogens with two attached hydrogens (primary N) is 1. The van der Waals surface area contributed by atoms with E-state index in [4.69, 9.17) is 10.3 Å². The van der Waals surface area contributed by atoms with Gasteiger partial charge in [-0.3, -0.25) is 4.79 Å². The highest BCUT2D eigenvalue weighted by atomic mass is 16.5. The van der Waals surface area contributed by atoms with E-state index in [1.807, 2.05) is 44.2 Å². The lowest BCUT2D eigenvalue weighted by Crippen LogP contribution is -2.45. The first kappa shape index (κ1) is 16.2. The van der Waals surface area contributed by atoms with Gasteiger partial charge in [-0.15, -0.1) is 0 Å². The van der Waals surface area contributed by atoms with Crippen LogP contribution in [0.2, 0.25) is 0 Å². The predicted octanol–water partition coefficient (Wildman–Crippen LogP) is 2.12. The van der Waals surface area contributed by atoms with Crippen molar-refractivity contribution in [2.24, 2.45) is 11.1 Å². The summed E-state index contributed by atoms with van der Waals surface area (Å²) in [4.78, 5) is 16.6. The molecule has 0 saturated heterocycles. The minimum absolute atomic E-state index is 0.0699. The van der Waals surface area contributed by atoms with Crippen LogP contribution in [0.5, 0.6) is 0 Å². The largest absolute Gasteiger partial charge is 0.346 e. The van der Waals surface area contributed by atoms with Crippen LogP contribution in [0.3, 0.4) is 0 Å². The van der Waals surface area contributed by atoms with Crippen LogP contribution in [0, 0.1) is 5.41 Å². The summed E-state index contributed by atoms with van der Waals surface area (Å²) >= 11 is 0. The molecular formula is C16H22N4O2. The molecule has 22 heavy (non-hydrogen) atoms. The lowest BCUT2D eigenvalue weighted by atomic mass is 9.81. The van der Waals surface area contributed by atoms with Crippen LogP contribution in [0.25, 0.3) is 11.4 Å². The van der Waals surface area contributed by atoms with Crippen molar-refractivity contribution < 1.29 is 9.32 Å².